The van der Waals surface area contributed by atoms with Crippen LogP contribution in [0.3, 0.4) is 0 Å². The average Bonchev–Trinajstić information content (AvgIpc) is 2.53. The Labute approximate surface area is 130 Å². The summed E-state index contributed by atoms with van der Waals surface area (Å²) in [6.07, 6.45) is 3.30. The second-order valence-corrected chi connectivity index (χ2v) is 5.45. The van der Waals surface area contributed by atoms with Crippen LogP contribution in [0.2, 0.25) is 5.02 Å². The maximum Gasteiger partial charge on any atom is 0.260 e. The second-order valence-electron chi connectivity index (χ2n) is 5.04. The van der Waals surface area contributed by atoms with E-state index in [9.17, 15) is 4.79 Å². The lowest BCUT2D eigenvalue weighted by Crippen LogP contribution is -2.38. The van der Waals surface area contributed by atoms with Crippen molar-refractivity contribution in [3.05, 3.63) is 22.7 Å². The molecule has 21 heavy (non-hydrogen) atoms. The maximum absolute atomic E-state index is 12.1. The lowest BCUT2D eigenvalue weighted by Gasteiger charge is -2.26. The molecule has 2 rings (SSSR count). The summed E-state index contributed by atoms with van der Waals surface area (Å²) in [5, 5.41) is 0.404. The first kappa shape index (κ1) is 15.9. The Hall–Kier alpha value is -1.46. The van der Waals surface area contributed by atoms with Gasteiger partial charge in [-0.25, -0.2) is 0 Å². The lowest BCUT2D eigenvalue weighted by atomic mass is 10.1. The lowest BCUT2D eigenvalue weighted by molar-refractivity contribution is -0.134. The third-order valence-corrected chi connectivity index (χ3v) is 3.85. The minimum atomic E-state index is -0.0297. The van der Waals surface area contributed by atoms with E-state index in [2.05, 4.69) is 0 Å². The summed E-state index contributed by atoms with van der Waals surface area (Å²) >= 11 is 6.18. The summed E-state index contributed by atoms with van der Waals surface area (Å²) in [6.45, 7) is 1.94. The fourth-order valence-corrected chi connectivity index (χ4v) is 2.69. The van der Waals surface area contributed by atoms with Gasteiger partial charge >= 0.3 is 0 Å². The molecule has 0 bridgehead atoms. The van der Waals surface area contributed by atoms with Gasteiger partial charge in [0.2, 0.25) is 0 Å². The monoisotopic (exact) mass is 312 g/mol. The number of methoxy groups -OCH3 is 1. The predicted octanol–water partition coefficient (Wildman–Crippen LogP) is 2.20. The number of benzene rings is 1. The molecule has 2 N–H and O–H groups in total. The van der Waals surface area contributed by atoms with Gasteiger partial charge in [-0.2, -0.15) is 0 Å². The number of halogens is 1. The van der Waals surface area contributed by atoms with E-state index < -0.39 is 0 Å². The van der Waals surface area contributed by atoms with Crippen molar-refractivity contribution >= 4 is 17.5 Å². The van der Waals surface area contributed by atoms with Crippen molar-refractivity contribution in [2.24, 2.45) is 5.73 Å². The molecule has 1 aromatic rings. The highest BCUT2D eigenvalue weighted by atomic mass is 35.5. The normalized spacial score (nSPS) is 14.9. The van der Waals surface area contributed by atoms with E-state index in [1.54, 1.807) is 12.1 Å². The van der Waals surface area contributed by atoms with Crippen molar-refractivity contribution < 1.29 is 14.3 Å². The van der Waals surface area contributed by atoms with Crippen LogP contribution in [0.1, 0.15) is 24.8 Å². The molecule has 1 aliphatic heterocycles. The zero-order chi connectivity index (χ0) is 15.2. The number of likely N-dealkylation sites (tertiary alicyclic amines) is 1. The van der Waals surface area contributed by atoms with Crippen molar-refractivity contribution in [3.63, 3.8) is 0 Å². The number of hydrogen-bond donors (Lipinski definition) is 1. The van der Waals surface area contributed by atoms with Crippen LogP contribution in [0.4, 0.5) is 0 Å². The molecule has 5 nitrogen and oxygen atoms in total. The van der Waals surface area contributed by atoms with Crippen molar-refractivity contribution in [2.75, 3.05) is 26.8 Å². The molecule has 0 aliphatic carbocycles. The summed E-state index contributed by atoms with van der Waals surface area (Å²) in [7, 11) is 1.53. The van der Waals surface area contributed by atoms with Crippen molar-refractivity contribution in [1.29, 1.82) is 0 Å². The molecule has 6 heteroatoms. The highest BCUT2D eigenvalue weighted by molar-refractivity contribution is 6.32. The van der Waals surface area contributed by atoms with E-state index in [1.165, 1.54) is 13.5 Å². The van der Waals surface area contributed by atoms with Gasteiger partial charge in [0.05, 0.1) is 12.1 Å². The second kappa shape index (κ2) is 7.52. The summed E-state index contributed by atoms with van der Waals surface area (Å²) in [5.74, 6) is 0.867. The Kier molecular flexibility index (Phi) is 5.70. The van der Waals surface area contributed by atoms with Crippen LogP contribution >= 0.6 is 11.6 Å². The number of hydrogen-bond acceptors (Lipinski definition) is 4. The van der Waals surface area contributed by atoms with Crippen LogP contribution < -0.4 is 15.2 Å². The molecule has 1 aromatic carbocycles. The van der Waals surface area contributed by atoms with Crippen LogP contribution in [0.25, 0.3) is 0 Å². The van der Waals surface area contributed by atoms with E-state index in [-0.39, 0.29) is 12.5 Å². The Morgan fingerprint density at radius 2 is 2.05 bits per heavy atom. The van der Waals surface area contributed by atoms with Gasteiger partial charge in [0.25, 0.3) is 5.91 Å². The number of amides is 1. The van der Waals surface area contributed by atoms with Crippen LogP contribution in [-0.2, 0) is 11.3 Å². The standard InChI is InChI=1S/C15H21ClN2O3/c1-20-13-8-11(9-17)7-12(16)15(13)21-10-14(19)18-5-3-2-4-6-18/h7-8H,2-6,9-10,17H2,1H3. The maximum atomic E-state index is 12.1. The van der Waals surface area contributed by atoms with E-state index in [0.29, 0.717) is 23.1 Å². The molecular weight excluding hydrogens is 292 g/mol. The van der Waals surface area contributed by atoms with Gasteiger partial charge in [-0.15, -0.1) is 0 Å². The molecule has 0 aromatic heterocycles. The zero-order valence-corrected chi connectivity index (χ0v) is 13.0. The van der Waals surface area contributed by atoms with Gasteiger partial charge in [0.1, 0.15) is 0 Å². The topological polar surface area (TPSA) is 64.8 Å². The molecular formula is C15H21ClN2O3. The first-order chi connectivity index (χ1) is 10.2. The third-order valence-electron chi connectivity index (χ3n) is 3.57. The van der Waals surface area contributed by atoms with Gasteiger partial charge in [-0.3, -0.25) is 4.79 Å². The molecule has 0 unspecified atom stereocenters. The number of ether oxygens (including phenoxy) is 2. The number of rotatable bonds is 5. The molecule has 0 atom stereocenters. The number of piperidine rings is 1. The predicted molar refractivity (Wildman–Crippen MR) is 81.8 cm³/mol. The van der Waals surface area contributed by atoms with Crippen molar-refractivity contribution in [1.82, 2.24) is 4.90 Å². The summed E-state index contributed by atoms with van der Waals surface area (Å²) in [5.41, 5.74) is 6.45. The molecule has 0 spiro atoms. The van der Waals surface area contributed by atoms with Crippen LogP contribution in [0.15, 0.2) is 12.1 Å². The van der Waals surface area contributed by atoms with Gasteiger partial charge in [0, 0.05) is 19.6 Å². The Balaban J connectivity index is 2.03. The zero-order valence-electron chi connectivity index (χ0n) is 12.2. The van der Waals surface area contributed by atoms with Crippen LogP contribution in [-0.4, -0.2) is 37.6 Å². The largest absolute Gasteiger partial charge is 0.493 e. The molecule has 0 radical (unpaired) electrons. The van der Waals surface area contributed by atoms with Crippen molar-refractivity contribution in [3.8, 4) is 11.5 Å². The van der Waals surface area contributed by atoms with E-state index >= 15 is 0 Å². The van der Waals surface area contributed by atoms with Gasteiger partial charge in [-0.1, -0.05) is 11.6 Å². The molecule has 1 aliphatic rings. The van der Waals surface area contributed by atoms with Gasteiger partial charge in [0.15, 0.2) is 18.1 Å². The van der Waals surface area contributed by atoms with Crippen molar-refractivity contribution in [2.45, 2.75) is 25.8 Å². The number of carbonyl (C=O) groups is 1. The fraction of sp³-hybridized carbons (Fsp3) is 0.533. The molecule has 1 saturated heterocycles. The quantitative estimate of drug-likeness (QED) is 0.905. The molecule has 1 fully saturated rings. The minimum absolute atomic E-state index is 0.0179. The van der Waals surface area contributed by atoms with Gasteiger partial charge in [-0.05, 0) is 37.0 Å². The number of nitrogens with two attached hydrogens (primary N) is 1. The fourth-order valence-electron chi connectivity index (χ4n) is 2.40. The van der Waals surface area contributed by atoms with Crippen LogP contribution in [0, 0.1) is 0 Å². The number of nitrogens with zero attached hydrogens (tertiary/aromatic N) is 1. The molecule has 1 amide bonds. The highest BCUT2D eigenvalue weighted by Gasteiger charge is 2.19. The van der Waals surface area contributed by atoms with E-state index in [0.717, 1.165) is 31.5 Å². The molecule has 1 heterocycles. The van der Waals surface area contributed by atoms with Crippen LogP contribution in [0.5, 0.6) is 11.5 Å². The Morgan fingerprint density at radius 1 is 1.33 bits per heavy atom. The van der Waals surface area contributed by atoms with E-state index in [1.807, 2.05) is 4.90 Å². The first-order valence-corrected chi connectivity index (χ1v) is 7.50. The SMILES string of the molecule is COc1cc(CN)cc(Cl)c1OCC(=O)N1CCCCC1. The van der Waals surface area contributed by atoms with Gasteiger partial charge < -0.3 is 20.1 Å². The number of carbonyl (C=O) groups excluding carboxylic acids is 1. The average molecular weight is 313 g/mol. The smallest absolute Gasteiger partial charge is 0.260 e. The summed E-state index contributed by atoms with van der Waals surface area (Å²) < 4.78 is 10.8. The van der Waals surface area contributed by atoms with E-state index in [4.69, 9.17) is 26.8 Å². The Bertz CT molecular complexity index is 502. The molecule has 116 valence electrons. The first-order valence-electron chi connectivity index (χ1n) is 7.12. The summed E-state index contributed by atoms with van der Waals surface area (Å²) in [4.78, 5) is 13.9. The summed E-state index contributed by atoms with van der Waals surface area (Å²) in [6, 6.07) is 3.50. The highest BCUT2D eigenvalue weighted by Crippen LogP contribution is 2.36. The Morgan fingerprint density at radius 3 is 2.67 bits per heavy atom. The minimum Gasteiger partial charge on any atom is -0.493 e. The third kappa shape index (κ3) is 4.02. The molecule has 0 saturated carbocycles.